The number of hydrogen-bond donors (Lipinski definition) is 0. The number of benzene rings is 1. The molecule has 4 nitrogen and oxygen atoms in total. The lowest BCUT2D eigenvalue weighted by Gasteiger charge is -2.25. The summed E-state index contributed by atoms with van der Waals surface area (Å²) in [6.45, 7) is 0.635. The Bertz CT molecular complexity index is 422. The van der Waals surface area contributed by atoms with Crippen LogP contribution in [0.3, 0.4) is 0 Å². The van der Waals surface area contributed by atoms with Crippen LogP contribution in [0.5, 0.6) is 0 Å². The normalized spacial score (nSPS) is 16.8. The number of hydrazine groups is 1. The van der Waals surface area contributed by atoms with E-state index in [2.05, 4.69) is 0 Å². The van der Waals surface area contributed by atoms with Gasteiger partial charge in [0.2, 0.25) is 5.91 Å². The van der Waals surface area contributed by atoms with E-state index in [0.717, 1.165) is 6.29 Å². The third-order valence-electron chi connectivity index (χ3n) is 2.44. The van der Waals surface area contributed by atoms with Gasteiger partial charge in [0.05, 0.1) is 12.2 Å². The number of hydrogen-bond acceptors (Lipinski definition) is 3. The molecule has 0 N–H and O–H groups in total. The zero-order valence-electron chi connectivity index (χ0n) is 8.60. The molecule has 0 unspecified atom stereocenters. The third-order valence-corrected chi connectivity index (χ3v) is 2.44. The van der Waals surface area contributed by atoms with Crippen molar-refractivity contribution in [1.29, 1.82) is 0 Å². The van der Waals surface area contributed by atoms with Gasteiger partial charge in [0.25, 0.3) is 0 Å². The lowest BCUT2D eigenvalue weighted by molar-refractivity contribution is -0.118. The lowest BCUT2D eigenvalue weighted by Crippen LogP contribution is -2.40. The number of rotatable bonds is 3. The highest BCUT2D eigenvalue weighted by Gasteiger charge is 2.29. The van der Waals surface area contributed by atoms with E-state index in [9.17, 15) is 14.0 Å². The largest absolute Gasteiger partial charge is 0.302 e. The van der Waals surface area contributed by atoms with E-state index in [1.165, 1.54) is 23.2 Å². The highest BCUT2D eigenvalue weighted by Crippen LogP contribution is 2.22. The van der Waals surface area contributed by atoms with E-state index in [0.29, 0.717) is 18.7 Å². The van der Waals surface area contributed by atoms with Crippen LogP contribution in [0, 0.1) is 5.82 Å². The maximum absolute atomic E-state index is 13.0. The molecular weight excluding hydrogens is 211 g/mol. The molecule has 1 amide bonds. The molecule has 16 heavy (non-hydrogen) atoms. The van der Waals surface area contributed by atoms with Crippen molar-refractivity contribution in [2.75, 3.05) is 18.1 Å². The molecule has 84 valence electrons. The van der Waals surface area contributed by atoms with Gasteiger partial charge >= 0.3 is 0 Å². The van der Waals surface area contributed by atoms with Crippen molar-refractivity contribution in [3.05, 3.63) is 30.1 Å². The van der Waals surface area contributed by atoms with E-state index in [1.807, 2.05) is 0 Å². The van der Waals surface area contributed by atoms with Gasteiger partial charge in [-0.2, -0.15) is 0 Å². The average molecular weight is 222 g/mol. The monoisotopic (exact) mass is 222 g/mol. The van der Waals surface area contributed by atoms with Crippen LogP contribution in [-0.4, -0.2) is 30.3 Å². The first-order valence-corrected chi connectivity index (χ1v) is 4.99. The highest BCUT2D eigenvalue weighted by molar-refractivity contribution is 5.94. The molecule has 1 saturated heterocycles. The van der Waals surface area contributed by atoms with Crippen molar-refractivity contribution >= 4 is 17.9 Å². The molecule has 1 aliphatic heterocycles. The second-order valence-electron chi connectivity index (χ2n) is 3.51. The van der Waals surface area contributed by atoms with Gasteiger partial charge in [-0.1, -0.05) is 6.07 Å². The second-order valence-corrected chi connectivity index (χ2v) is 3.51. The smallest absolute Gasteiger partial charge is 0.242 e. The third kappa shape index (κ3) is 1.94. The van der Waals surface area contributed by atoms with E-state index in [1.54, 1.807) is 11.1 Å². The Morgan fingerprint density at radius 3 is 2.94 bits per heavy atom. The minimum absolute atomic E-state index is 0.118. The van der Waals surface area contributed by atoms with Crippen molar-refractivity contribution < 1.29 is 14.0 Å². The molecule has 0 spiro atoms. The van der Waals surface area contributed by atoms with E-state index < -0.39 is 5.82 Å². The van der Waals surface area contributed by atoms with Gasteiger partial charge in [-0.15, -0.1) is 0 Å². The summed E-state index contributed by atoms with van der Waals surface area (Å²) >= 11 is 0. The molecule has 0 saturated carbocycles. The van der Waals surface area contributed by atoms with Crippen molar-refractivity contribution in [2.45, 2.75) is 6.42 Å². The first-order valence-electron chi connectivity index (χ1n) is 4.99. The molecule has 1 fully saturated rings. The van der Waals surface area contributed by atoms with Crippen LogP contribution < -0.4 is 5.01 Å². The van der Waals surface area contributed by atoms with Crippen molar-refractivity contribution in [1.82, 2.24) is 5.01 Å². The quantitative estimate of drug-likeness (QED) is 0.716. The zero-order chi connectivity index (χ0) is 11.5. The summed E-state index contributed by atoms with van der Waals surface area (Å²) in [5.74, 6) is -0.518. The molecule has 1 aromatic rings. The van der Waals surface area contributed by atoms with Gasteiger partial charge in [-0.25, -0.2) is 14.4 Å². The minimum Gasteiger partial charge on any atom is -0.302 e. The molecule has 5 heteroatoms. The SMILES string of the molecule is O=CCN1CCC(=O)N1c1cccc(F)c1. The maximum Gasteiger partial charge on any atom is 0.242 e. The fourth-order valence-corrected chi connectivity index (χ4v) is 1.76. The molecule has 0 aromatic heterocycles. The summed E-state index contributed by atoms with van der Waals surface area (Å²) in [6, 6.07) is 5.77. The van der Waals surface area contributed by atoms with E-state index >= 15 is 0 Å². The van der Waals surface area contributed by atoms with E-state index in [-0.39, 0.29) is 12.5 Å². The topological polar surface area (TPSA) is 40.6 Å². The van der Waals surface area contributed by atoms with Crippen LogP contribution in [0.25, 0.3) is 0 Å². The Hall–Kier alpha value is -1.75. The van der Waals surface area contributed by atoms with Gasteiger partial charge in [0, 0.05) is 13.0 Å². The number of nitrogens with zero attached hydrogens (tertiary/aromatic N) is 2. The summed E-state index contributed by atoms with van der Waals surface area (Å²) < 4.78 is 13.0. The predicted octanol–water partition coefficient (Wildman–Crippen LogP) is 0.978. The van der Waals surface area contributed by atoms with Crippen LogP contribution in [0.1, 0.15) is 6.42 Å². The van der Waals surface area contributed by atoms with Gasteiger partial charge in [-0.05, 0) is 18.2 Å². The first-order chi connectivity index (χ1) is 7.72. The van der Waals surface area contributed by atoms with Gasteiger partial charge in [0.1, 0.15) is 12.1 Å². The summed E-state index contributed by atoms with van der Waals surface area (Å²) in [5, 5.41) is 2.96. The molecule has 0 bridgehead atoms. The molecule has 1 aromatic carbocycles. The maximum atomic E-state index is 13.0. The summed E-state index contributed by atoms with van der Waals surface area (Å²) in [7, 11) is 0. The average Bonchev–Trinajstić information content (AvgIpc) is 2.60. The van der Waals surface area contributed by atoms with Gasteiger partial charge in [0.15, 0.2) is 0 Å². The Kier molecular flexibility index (Phi) is 2.96. The molecule has 1 heterocycles. The fraction of sp³-hybridized carbons (Fsp3) is 0.273. The number of amides is 1. The Morgan fingerprint density at radius 2 is 2.25 bits per heavy atom. The Labute approximate surface area is 92.2 Å². The number of anilines is 1. The van der Waals surface area contributed by atoms with Gasteiger partial charge < -0.3 is 4.79 Å². The fourth-order valence-electron chi connectivity index (χ4n) is 1.76. The minimum atomic E-state index is -0.400. The molecule has 0 radical (unpaired) electrons. The number of aldehydes is 1. The van der Waals surface area contributed by atoms with Crippen molar-refractivity contribution in [3.63, 3.8) is 0 Å². The lowest BCUT2D eigenvalue weighted by atomic mass is 10.3. The molecule has 0 atom stereocenters. The summed E-state index contributed by atoms with van der Waals surface area (Å²) in [4.78, 5) is 22.1. The van der Waals surface area contributed by atoms with Crippen LogP contribution >= 0.6 is 0 Å². The molecular formula is C11H11FN2O2. The molecule has 2 rings (SSSR count). The van der Waals surface area contributed by atoms with Gasteiger partial charge in [-0.3, -0.25) is 4.79 Å². The molecule has 1 aliphatic rings. The van der Waals surface area contributed by atoms with E-state index in [4.69, 9.17) is 0 Å². The Balaban J connectivity index is 2.29. The van der Waals surface area contributed by atoms with Crippen LogP contribution in [0.15, 0.2) is 24.3 Å². The first kappa shape index (κ1) is 10.8. The number of halogens is 1. The van der Waals surface area contributed by atoms with Crippen LogP contribution in [-0.2, 0) is 9.59 Å². The van der Waals surface area contributed by atoms with Crippen molar-refractivity contribution in [2.24, 2.45) is 0 Å². The molecule has 0 aliphatic carbocycles. The summed E-state index contributed by atoms with van der Waals surface area (Å²) in [5.41, 5.74) is 0.462. The zero-order valence-corrected chi connectivity index (χ0v) is 8.60. The number of carbonyl (C=O) groups excluding carboxylic acids is 2. The van der Waals surface area contributed by atoms with Crippen LogP contribution in [0.4, 0.5) is 10.1 Å². The summed E-state index contributed by atoms with van der Waals surface area (Å²) in [6.07, 6.45) is 1.08. The second kappa shape index (κ2) is 4.40. The predicted molar refractivity (Wildman–Crippen MR) is 56.1 cm³/mol. The van der Waals surface area contributed by atoms with Crippen LogP contribution in [0.2, 0.25) is 0 Å². The highest BCUT2D eigenvalue weighted by atomic mass is 19.1. The Morgan fingerprint density at radius 1 is 1.44 bits per heavy atom. The standard InChI is InChI=1S/C11H11FN2O2/c12-9-2-1-3-10(8-9)14-11(16)4-5-13(14)6-7-15/h1-3,7-8H,4-6H2. The number of carbonyl (C=O) groups is 2. The van der Waals surface area contributed by atoms with Crippen molar-refractivity contribution in [3.8, 4) is 0 Å².